The van der Waals surface area contributed by atoms with Crippen LogP contribution in [-0.2, 0) is 26.2 Å². The number of carbonyl (C=O) groups excluding carboxylic acids is 1. The number of hydrogen-bond acceptors (Lipinski definition) is 8. The van der Waals surface area contributed by atoms with E-state index < -0.39 is 26.6 Å². The number of likely N-dealkylation sites (N-methyl/N-ethyl adjacent to an activating group) is 1. The largest absolute Gasteiger partial charge is 0.370 e. The summed E-state index contributed by atoms with van der Waals surface area (Å²) in [5.74, 6) is -3.24. The van der Waals surface area contributed by atoms with Crippen LogP contribution in [0.25, 0.3) is 0 Å². The molecule has 1 aliphatic rings. The lowest BCUT2D eigenvalue weighted by molar-refractivity contribution is -0.128. The van der Waals surface area contributed by atoms with Gasteiger partial charge in [-0.15, -0.1) is 11.3 Å². The third kappa shape index (κ3) is 4.90. The van der Waals surface area contributed by atoms with Crippen molar-refractivity contribution in [3.8, 4) is 0 Å². The van der Waals surface area contributed by atoms with Crippen LogP contribution >= 0.6 is 11.3 Å². The van der Waals surface area contributed by atoms with Gasteiger partial charge in [0.1, 0.15) is 11.6 Å². The van der Waals surface area contributed by atoms with Crippen LogP contribution in [-0.4, -0.2) is 51.0 Å². The number of rotatable bonds is 9. The van der Waals surface area contributed by atoms with E-state index in [1.165, 1.54) is 23.9 Å². The first kappa shape index (κ1) is 25.9. The van der Waals surface area contributed by atoms with E-state index in [1.54, 1.807) is 30.1 Å². The van der Waals surface area contributed by atoms with Crippen molar-refractivity contribution in [2.75, 3.05) is 29.5 Å². The third-order valence-electron chi connectivity index (χ3n) is 6.14. The van der Waals surface area contributed by atoms with Crippen molar-refractivity contribution >= 4 is 39.3 Å². The van der Waals surface area contributed by atoms with Crippen LogP contribution in [0.1, 0.15) is 17.5 Å². The normalized spacial score (nSPS) is 16.2. The number of sulfonamides is 1. The minimum absolute atomic E-state index is 0.0817. The van der Waals surface area contributed by atoms with Gasteiger partial charge in [-0.1, -0.05) is 22.7 Å². The van der Waals surface area contributed by atoms with Gasteiger partial charge in [-0.2, -0.15) is 8.42 Å². The molecule has 0 saturated carbocycles. The maximum absolute atomic E-state index is 15.4. The van der Waals surface area contributed by atoms with E-state index in [-0.39, 0.29) is 39.9 Å². The molecule has 8 nitrogen and oxygen atoms in total. The first-order chi connectivity index (χ1) is 17.1. The Balaban J connectivity index is 1.60. The first-order valence-electron chi connectivity index (χ1n) is 10.9. The highest BCUT2D eigenvalue weighted by molar-refractivity contribution is 7.92. The predicted octanol–water partition coefficient (Wildman–Crippen LogP) is 3.86. The molecule has 0 amide bonds. The van der Waals surface area contributed by atoms with Crippen LogP contribution in [0, 0.1) is 24.4 Å². The summed E-state index contributed by atoms with van der Waals surface area (Å²) >= 11 is 1.01. The SMILES string of the molecule is Cc1c(N(C)[C@H]2CCN(Cc3ccccc3F)C2)cc(F)c(S(=O)(=O)N(OC=O)c2cscn2)c1F. The van der Waals surface area contributed by atoms with Crippen LogP contribution in [0.2, 0.25) is 0 Å². The van der Waals surface area contributed by atoms with Gasteiger partial charge in [0.05, 0.1) is 5.51 Å². The molecule has 0 spiro atoms. The van der Waals surface area contributed by atoms with Crippen LogP contribution in [0.15, 0.2) is 46.1 Å². The summed E-state index contributed by atoms with van der Waals surface area (Å²) in [7, 11) is -3.30. The summed E-state index contributed by atoms with van der Waals surface area (Å²) in [4.78, 5) is 21.7. The summed E-state index contributed by atoms with van der Waals surface area (Å²) in [6.45, 7) is 2.76. The zero-order chi connectivity index (χ0) is 26.0. The highest BCUT2D eigenvalue weighted by Gasteiger charge is 2.37. The Labute approximate surface area is 210 Å². The van der Waals surface area contributed by atoms with Crippen molar-refractivity contribution in [3.05, 3.63) is 69.8 Å². The molecule has 36 heavy (non-hydrogen) atoms. The Morgan fingerprint density at radius 1 is 1.25 bits per heavy atom. The molecule has 0 radical (unpaired) electrons. The number of hydrogen-bond donors (Lipinski definition) is 0. The maximum atomic E-state index is 15.4. The van der Waals surface area contributed by atoms with Crippen LogP contribution in [0.3, 0.4) is 0 Å². The number of carbonyl (C=O) groups is 1. The molecule has 192 valence electrons. The highest BCUT2D eigenvalue weighted by Crippen LogP contribution is 2.35. The molecule has 0 N–H and O–H groups in total. The van der Waals surface area contributed by atoms with Gasteiger partial charge < -0.3 is 9.74 Å². The quantitative estimate of drug-likeness (QED) is 0.301. The summed E-state index contributed by atoms with van der Waals surface area (Å²) in [5.41, 5.74) is 1.93. The van der Waals surface area contributed by atoms with E-state index in [1.807, 2.05) is 4.90 Å². The Kier molecular flexibility index (Phi) is 7.52. The Morgan fingerprint density at radius 2 is 2.00 bits per heavy atom. The first-order valence-corrected chi connectivity index (χ1v) is 13.2. The minimum atomic E-state index is -4.97. The molecular formula is C23H23F3N4O4S2. The summed E-state index contributed by atoms with van der Waals surface area (Å²) in [5, 5.41) is 1.25. The van der Waals surface area contributed by atoms with E-state index in [9.17, 15) is 17.6 Å². The lowest BCUT2D eigenvalue weighted by atomic mass is 10.1. The Hall–Kier alpha value is -3.16. The maximum Gasteiger partial charge on any atom is 0.322 e. The molecule has 1 atom stereocenters. The zero-order valence-electron chi connectivity index (χ0n) is 19.4. The van der Waals surface area contributed by atoms with E-state index >= 15 is 8.78 Å². The molecule has 1 aliphatic heterocycles. The molecule has 1 fully saturated rings. The van der Waals surface area contributed by atoms with Crippen molar-refractivity contribution < 1.29 is 31.2 Å². The molecule has 0 aliphatic carbocycles. The van der Waals surface area contributed by atoms with Crippen molar-refractivity contribution in [2.45, 2.75) is 30.8 Å². The molecule has 2 heterocycles. The van der Waals surface area contributed by atoms with Gasteiger partial charge in [0.25, 0.3) is 0 Å². The van der Waals surface area contributed by atoms with Gasteiger partial charge in [0.15, 0.2) is 16.5 Å². The Bertz CT molecular complexity index is 1360. The second-order valence-electron chi connectivity index (χ2n) is 8.31. The number of likely N-dealkylation sites (tertiary alicyclic amines) is 1. The van der Waals surface area contributed by atoms with Crippen molar-refractivity contribution in [1.82, 2.24) is 9.88 Å². The van der Waals surface area contributed by atoms with Gasteiger partial charge in [-0.3, -0.25) is 9.69 Å². The second kappa shape index (κ2) is 10.4. The third-order valence-corrected chi connectivity index (χ3v) is 8.32. The van der Waals surface area contributed by atoms with Gasteiger partial charge >= 0.3 is 16.5 Å². The zero-order valence-corrected chi connectivity index (χ0v) is 21.0. The summed E-state index contributed by atoms with van der Waals surface area (Å²) in [6.07, 6.45) is 0.665. The minimum Gasteiger partial charge on any atom is -0.370 e. The van der Waals surface area contributed by atoms with Gasteiger partial charge in [-0.05, 0) is 25.5 Å². The van der Waals surface area contributed by atoms with Gasteiger partial charge in [-0.25, -0.2) is 18.2 Å². The summed E-state index contributed by atoms with van der Waals surface area (Å²) < 4.78 is 70.9. The average Bonchev–Trinajstić information content (AvgIpc) is 3.53. The molecular weight excluding hydrogens is 517 g/mol. The number of thiazole rings is 1. The fraction of sp³-hybridized carbons (Fsp3) is 0.304. The van der Waals surface area contributed by atoms with E-state index in [0.29, 0.717) is 31.6 Å². The van der Waals surface area contributed by atoms with Crippen LogP contribution in [0.5, 0.6) is 0 Å². The highest BCUT2D eigenvalue weighted by atomic mass is 32.2. The number of halogens is 3. The molecule has 1 aromatic heterocycles. The number of anilines is 2. The predicted molar refractivity (Wildman–Crippen MR) is 129 cm³/mol. The van der Waals surface area contributed by atoms with Crippen molar-refractivity contribution in [2.24, 2.45) is 0 Å². The molecule has 2 aromatic carbocycles. The number of aromatic nitrogens is 1. The molecule has 0 unspecified atom stereocenters. The fourth-order valence-electron chi connectivity index (χ4n) is 4.27. The molecule has 1 saturated heterocycles. The van der Waals surface area contributed by atoms with Gasteiger partial charge in [0, 0.05) is 54.9 Å². The topological polar surface area (TPSA) is 83.0 Å². The van der Waals surface area contributed by atoms with E-state index in [4.69, 9.17) is 0 Å². The fourth-order valence-corrected chi connectivity index (χ4v) is 6.19. The lowest BCUT2D eigenvalue weighted by Crippen LogP contribution is -2.36. The van der Waals surface area contributed by atoms with E-state index in [2.05, 4.69) is 9.82 Å². The van der Waals surface area contributed by atoms with Crippen LogP contribution in [0.4, 0.5) is 24.7 Å². The molecule has 0 bridgehead atoms. The van der Waals surface area contributed by atoms with Gasteiger partial charge in [0.2, 0.25) is 0 Å². The smallest absolute Gasteiger partial charge is 0.322 e. The number of benzene rings is 2. The van der Waals surface area contributed by atoms with Crippen molar-refractivity contribution in [3.63, 3.8) is 0 Å². The van der Waals surface area contributed by atoms with Crippen LogP contribution < -0.4 is 9.37 Å². The molecule has 4 rings (SSSR count). The monoisotopic (exact) mass is 540 g/mol. The Morgan fingerprint density at radius 3 is 2.67 bits per heavy atom. The lowest BCUT2D eigenvalue weighted by Gasteiger charge is -2.29. The summed E-state index contributed by atoms with van der Waals surface area (Å²) in [6, 6.07) is 7.31. The second-order valence-corrected chi connectivity index (χ2v) is 10.7. The average molecular weight is 541 g/mol. The molecule has 13 heteroatoms. The van der Waals surface area contributed by atoms with Crippen molar-refractivity contribution in [1.29, 1.82) is 0 Å². The number of nitrogens with zero attached hydrogens (tertiary/aromatic N) is 4. The van der Waals surface area contributed by atoms with E-state index in [0.717, 1.165) is 17.4 Å². The standard InChI is InChI=1S/C23H23F3N4O4S2/c1-15-20(28(2)17-7-8-29(11-17)10-16-5-3-4-6-18(16)24)9-19(25)23(22(15)26)36(32,33)30(34-14-31)21-12-35-13-27-21/h3-6,9,12-14,17H,7-8,10-11H2,1-2H3/t17-/m0/s1. The molecule has 3 aromatic rings.